The monoisotopic (exact) mass is 238 g/mol. The molecule has 0 radical (unpaired) electrons. The molecule has 0 aromatic heterocycles. The molecule has 2 atom stereocenters. The molecule has 98 valence electrons. The highest BCUT2D eigenvalue weighted by Crippen LogP contribution is 2.27. The zero-order valence-corrected chi connectivity index (χ0v) is 11.2. The molecule has 0 aromatic rings. The van der Waals surface area contributed by atoms with Crippen LogP contribution in [0.25, 0.3) is 0 Å². The predicted molar refractivity (Wildman–Crippen MR) is 69.8 cm³/mol. The number of hydrogen-bond donors (Lipinski definition) is 1. The van der Waals surface area contributed by atoms with Crippen LogP contribution in [0, 0.1) is 5.92 Å². The van der Waals surface area contributed by atoms with Gasteiger partial charge in [-0.1, -0.05) is 19.8 Å². The van der Waals surface area contributed by atoms with Gasteiger partial charge in [-0.2, -0.15) is 0 Å². The van der Waals surface area contributed by atoms with Gasteiger partial charge in [-0.3, -0.25) is 4.79 Å². The number of carbonyl (C=O) groups excluding carboxylic acids is 1. The first kappa shape index (κ1) is 12.9. The smallest absolute Gasteiger partial charge is 0.223 e. The van der Waals surface area contributed by atoms with Crippen LogP contribution in [0.4, 0.5) is 0 Å². The molecule has 1 amide bonds. The van der Waals surface area contributed by atoms with Crippen LogP contribution in [0.2, 0.25) is 0 Å². The summed E-state index contributed by atoms with van der Waals surface area (Å²) < 4.78 is 0. The summed E-state index contributed by atoms with van der Waals surface area (Å²) >= 11 is 0. The zero-order chi connectivity index (χ0) is 12.3. The molecule has 2 aliphatic rings. The van der Waals surface area contributed by atoms with Crippen molar-refractivity contribution in [2.24, 2.45) is 5.92 Å². The zero-order valence-electron chi connectivity index (χ0n) is 11.2. The lowest BCUT2D eigenvalue weighted by molar-refractivity contribution is -0.133. The molecule has 0 aliphatic heterocycles. The molecule has 3 nitrogen and oxygen atoms in total. The van der Waals surface area contributed by atoms with Crippen LogP contribution < -0.4 is 5.32 Å². The predicted octanol–water partition coefficient (Wildman–Crippen LogP) is 2.17. The summed E-state index contributed by atoms with van der Waals surface area (Å²) in [6.45, 7) is 3.14. The fourth-order valence-corrected chi connectivity index (χ4v) is 2.90. The minimum Gasteiger partial charge on any atom is -0.342 e. The van der Waals surface area contributed by atoms with Crippen molar-refractivity contribution in [3.63, 3.8) is 0 Å². The Bertz CT molecular complexity index is 263. The molecule has 1 N–H and O–H groups in total. The molecule has 0 bridgehead atoms. The first-order valence-corrected chi connectivity index (χ1v) is 7.17. The lowest BCUT2D eigenvalue weighted by Crippen LogP contribution is -2.43. The van der Waals surface area contributed by atoms with E-state index in [-0.39, 0.29) is 0 Å². The van der Waals surface area contributed by atoms with Gasteiger partial charge in [-0.25, -0.2) is 0 Å². The fourth-order valence-electron chi connectivity index (χ4n) is 2.90. The molecule has 0 aromatic carbocycles. The fraction of sp³-hybridized carbons (Fsp3) is 0.929. The van der Waals surface area contributed by atoms with E-state index in [2.05, 4.69) is 12.2 Å². The highest BCUT2D eigenvalue weighted by molar-refractivity contribution is 5.76. The number of amides is 1. The number of rotatable bonds is 5. The van der Waals surface area contributed by atoms with E-state index in [1.165, 1.54) is 38.5 Å². The average molecular weight is 238 g/mol. The van der Waals surface area contributed by atoms with E-state index in [9.17, 15) is 4.79 Å². The second-order valence-electron chi connectivity index (χ2n) is 5.81. The normalized spacial score (nSPS) is 29.1. The highest BCUT2D eigenvalue weighted by Gasteiger charge is 2.27. The SMILES string of the molecule is CC1CCCCC1N(C)C(=O)CCNC1CC1. The number of nitrogens with one attached hydrogen (secondary N) is 1. The van der Waals surface area contributed by atoms with E-state index in [1.54, 1.807) is 0 Å². The standard InChI is InChI=1S/C14H26N2O/c1-11-5-3-4-6-13(11)16(2)14(17)9-10-15-12-7-8-12/h11-13,15H,3-10H2,1-2H3. The lowest BCUT2D eigenvalue weighted by Gasteiger charge is -2.36. The maximum Gasteiger partial charge on any atom is 0.223 e. The van der Waals surface area contributed by atoms with E-state index in [4.69, 9.17) is 0 Å². The minimum absolute atomic E-state index is 0.317. The molecular formula is C14H26N2O. The maximum atomic E-state index is 12.1. The molecule has 17 heavy (non-hydrogen) atoms. The van der Waals surface area contributed by atoms with E-state index in [0.717, 1.165) is 6.54 Å². The summed E-state index contributed by atoms with van der Waals surface area (Å²) in [5, 5.41) is 3.41. The third-order valence-corrected chi connectivity index (χ3v) is 4.31. The van der Waals surface area contributed by atoms with Crippen LogP contribution in [0.15, 0.2) is 0 Å². The Balaban J connectivity index is 1.72. The van der Waals surface area contributed by atoms with Crippen molar-refractivity contribution < 1.29 is 4.79 Å². The summed E-state index contributed by atoms with van der Waals surface area (Å²) in [5.41, 5.74) is 0. The van der Waals surface area contributed by atoms with E-state index in [1.807, 2.05) is 11.9 Å². The number of hydrogen-bond acceptors (Lipinski definition) is 2. The topological polar surface area (TPSA) is 32.3 Å². The molecule has 3 heteroatoms. The van der Waals surface area contributed by atoms with Crippen molar-refractivity contribution in [1.82, 2.24) is 10.2 Å². The minimum atomic E-state index is 0.317. The summed E-state index contributed by atoms with van der Waals surface area (Å²) in [7, 11) is 1.99. The third kappa shape index (κ3) is 3.70. The van der Waals surface area contributed by atoms with Crippen molar-refractivity contribution in [2.45, 2.75) is 64.0 Å². The van der Waals surface area contributed by atoms with E-state index >= 15 is 0 Å². The van der Waals surface area contributed by atoms with Crippen LogP contribution in [0.3, 0.4) is 0 Å². The molecule has 0 saturated heterocycles. The quantitative estimate of drug-likeness (QED) is 0.796. The Labute approximate surface area is 105 Å². The van der Waals surface area contributed by atoms with Crippen molar-refractivity contribution in [1.29, 1.82) is 0 Å². The van der Waals surface area contributed by atoms with E-state index < -0.39 is 0 Å². The second-order valence-corrected chi connectivity index (χ2v) is 5.81. The maximum absolute atomic E-state index is 12.1. The first-order chi connectivity index (χ1) is 8.18. The van der Waals surface area contributed by atoms with Crippen LogP contribution in [-0.4, -0.2) is 36.5 Å². The molecule has 2 rings (SSSR count). The van der Waals surface area contributed by atoms with Crippen LogP contribution in [-0.2, 0) is 4.79 Å². The van der Waals surface area contributed by atoms with Crippen LogP contribution >= 0.6 is 0 Å². The van der Waals surface area contributed by atoms with Gasteiger partial charge in [0, 0.05) is 32.1 Å². The lowest BCUT2D eigenvalue weighted by atomic mass is 9.85. The van der Waals surface area contributed by atoms with Gasteiger partial charge in [0.2, 0.25) is 5.91 Å². The Kier molecular flexibility index (Phi) is 4.43. The Morgan fingerprint density at radius 3 is 2.59 bits per heavy atom. The first-order valence-electron chi connectivity index (χ1n) is 7.17. The van der Waals surface area contributed by atoms with Crippen molar-refractivity contribution in [2.75, 3.05) is 13.6 Å². The Morgan fingerprint density at radius 2 is 1.94 bits per heavy atom. The molecule has 2 unspecified atom stereocenters. The number of carbonyl (C=O) groups is 1. The van der Waals surface area contributed by atoms with Gasteiger partial charge < -0.3 is 10.2 Å². The van der Waals surface area contributed by atoms with Crippen LogP contribution in [0.5, 0.6) is 0 Å². The van der Waals surface area contributed by atoms with Gasteiger partial charge in [0.05, 0.1) is 0 Å². The summed E-state index contributed by atoms with van der Waals surface area (Å²) in [4.78, 5) is 14.1. The van der Waals surface area contributed by atoms with Crippen molar-refractivity contribution >= 4 is 5.91 Å². The van der Waals surface area contributed by atoms with Gasteiger partial charge in [0.15, 0.2) is 0 Å². The summed E-state index contributed by atoms with van der Waals surface area (Å²) in [6.07, 6.45) is 8.35. The summed E-state index contributed by atoms with van der Waals surface area (Å²) in [5.74, 6) is 0.992. The molecule has 2 saturated carbocycles. The Hall–Kier alpha value is -0.570. The second kappa shape index (κ2) is 5.85. The van der Waals surface area contributed by atoms with Crippen molar-refractivity contribution in [3.05, 3.63) is 0 Å². The molecular weight excluding hydrogens is 212 g/mol. The average Bonchev–Trinajstić information content (AvgIpc) is 3.13. The van der Waals surface area contributed by atoms with Gasteiger partial charge in [-0.15, -0.1) is 0 Å². The molecule has 2 aliphatic carbocycles. The van der Waals surface area contributed by atoms with Gasteiger partial charge >= 0.3 is 0 Å². The van der Waals surface area contributed by atoms with E-state index in [0.29, 0.717) is 30.3 Å². The highest BCUT2D eigenvalue weighted by atomic mass is 16.2. The van der Waals surface area contributed by atoms with Crippen LogP contribution in [0.1, 0.15) is 51.9 Å². The molecule has 0 heterocycles. The Morgan fingerprint density at radius 1 is 1.24 bits per heavy atom. The molecule has 0 spiro atoms. The van der Waals surface area contributed by atoms with Gasteiger partial charge in [-0.05, 0) is 31.6 Å². The van der Waals surface area contributed by atoms with Gasteiger partial charge in [0.25, 0.3) is 0 Å². The van der Waals surface area contributed by atoms with Crippen molar-refractivity contribution in [3.8, 4) is 0 Å². The molecule has 2 fully saturated rings. The largest absolute Gasteiger partial charge is 0.342 e. The third-order valence-electron chi connectivity index (χ3n) is 4.31. The van der Waals surface area contributed by atoms with Gasteiger partial charge in [0.1, 0.15) is 0 Å². The summed E-state index contributed by atoms with van der Waals surface area (Å²) in [6, 6.07) is 1.19. The number of nitrogens with zero attached hydrogens (tertiary/aromatic N) is 1.